The summed E-state index contributed by atoms with van der Waals surface area (Å²) in [6.45, 7) is 6.85. The topological polar surface area (TPSA) is 85.9 Å². The van der Waals surface area contributed by atoms with Crippen molar-refractivity contribution in [1.29, 1.82) is 0 Å². The number of carbonyl (C=O) groups excluding carboxylic acids is 1. The number of carbonyl (C=O) groups is 1. The number of morpholine rings is 1. The summed E-state index contributed by atoms with van der Waals surface area (Å²) in [6.07, 6.45) is 0. The molecule has 1 saturated heterocycles. The molecule has 1 aliphatic heterocycles. The van der Waals surface area contributed by atoms with Crippen LogP contribution in [0.25, 0.3) is 0 Å². The summed E-state index contributed by atoms with van der Waals surface area (Å²) >= 11 is 0. The third kappa shape index (κ3) is 4.51. The van der Waals surface area contributed by atoms with Gasteiger partial charge in [0, 0.05) is 12.1 Å². The molecule has 1 atom stereocenters. The summed E-state index contributed by atoms with van der Waals surface area (Å²) in [5.41, 5.74) is 0.814. The van der Waals surface area contributed by atoms with E-state index in [0.717, 1.165) is 38.4 Å². The molecule has 0 aliphatic carbocycles. The third-order valence-corrected chi connectivity index (χ3v) is 3.97. The number of nitrogens with one attached hydrogen (secondary N) is 2. The van der Waals surface area contributed by atoms with Gasteiger partial charge in [0.05, 0.1) is 37.1 Å². The van der Waals surface area contributed by atoms with Gasteiger partial charge in [0.15, 0.2) is 0 Å². The van der Waals surface area contributed by atoms with Crippen LogP contribution in [0.15, 0.2) is 24.3 Å². The molecule has 0 spiro atoms. The molecule has 0 radical (unpaired) electrons. The SMILES string of the molecule is C[C@@H](C(=O)NCC[NH+]1CCOCC1)c1ccc([N+](=O)[O-])cc1. The van der Waals surface area contributed by atoms with Gasteiger partial charge in [0.1, 0.15) is 13.1 Å². The van der Waals surface area contributed by atoms with Crippen LogP contribution in [-0.4, -0.2) is 50.2 Å². The van der Waals surface area contributed by atoms with E-state index in [4.69, 9.17) is 4.74 Å². The molecule has 0 saturated carbocycles. The molecule has 7 heteroatoms. The predicted octanol–water partition coefficient (Wildman–Crippen LogP) is -0.270. The molecule has 1 fully saturated rings. The molecule has 2 rings (SSSR count). The number of hydrogen-bond acceptors (Lipinski definition) is 4. The van der Waals surface area contributed by atoms with E-state index in [-0.39, 0.29) is 17.5 Å². The highest BCUT2D eigenvalue weighted by atomic mass is 16.6. The molecule has 120 valence electrons. The Kier molecular flexibility index (Phi) is 5.85. The normalized spacial score (nSPS) is 17.0. The van der Waals surface area contributed by atoms with E-state index >= 15 is 0 Å². The van der Waals surface area contributed by atoms with Gasteiger partial charge in [-0.05, 0) is 12.5 Å². The number of nitrogens with zero attached hydrogens (tertiary/aromatic N) is 1. The summed E-state index contributed by atoms with van der Waals surface area (Å²) in [5, 5.41) is 13.6. The zero-order valence-electron chi connectivity index (χ0n) is 12.7. The maximum atomic E-state index is 12.1. The first-order chi connectivity index (χ1) is 10.6. The van der Waals surface area contributed by atoms with Crippen molar-refractivity contribution in [3.63, 3.8) is 0 Å². The molecule has 1 aliphatic rings. The van der Waals surface area contributed by atoms with Crippen LogP contribution in [0.3, 0.4) is 0 Å². The molecule has 1 aromatic rings. The van der Waals surface area contributed by atoms with Crippen LogP contribution >= 0.6 is 0 Å². The van der Waals surface area contributed by atoms with E-state index in [2.05, 4.69) is 5.32 Å². The van der Waals surface area contributed by atoms with Crippen LogP contribution in [-0.2, 0) is 9.53 Å². The van der Waals surface area contributed by atoms with Crippen LogP contribution < -0.4 is 10.2 Å². The second-order valence-electron chi connectivity index (χ2n) is 5.47. The maximum absolute atomic E-state index is 12.1. The molecule has 1 amide bonds. The van der Waals surface area contributed by atoms with Crippen molar-refractivity contribution >= 4 is 11.6 Å². The van der Waals surface area contributed by atoms with E-state index in [0.29, 0.717) is 6.54 Å². The maximum Gasteiger partial charge on any atom is 0.269 e. The molecule has 1 aromatic carbocycles. The monoisotopic (exact) mass is 308 g/mol. The number of rotatable bonds is 6. The first-order valence-corrected chi connectivity index (χ1v) is 7.51. The first-order valence-electron chi connectivity index (χ1n) is 7.51. The van der Waals surface area contributed by atoms with Crippen molar-refractivity contribution in [2.75, 3.05) is 39.4 Å². The second kappa shape index (κ2) is 7.86. The minimum absolute atomic E-state index is 0.0345. The van der Waals surface area contributed by atoms with Crippen LogP contribution in [0.4, 0.5) is 5.69 Å². The van der Waals surface area contributed by atoms with Crippen molar-refractivity contribution in [1.82, 2.24) is 5.32 Å². The summed E-state index contributed by atoms with van der Waals surface area (Å²) in [5.74, 6) is -0.373. The fraction of sp³-hybridized carbons (Fsp3) is 0.533. The van der Waals surface area contributed by atoms with Crippen LogP contribution in [0.1, 0.15) is 18.4 Å². The average Bonchev–Trinajstić information content (AvgIpc) is 2.55. The van der Waals surface area contributed by atoms with Gasteiger partial charge in [-0.1, -0.05) is 12.1 Å². The lowest BCUT2D eigenvalue weighted by Gasteiger charge is -2.24. The summed E-state index contributed by atoms with van der Waals surface area (Å²) < 4.78 is 5.29. The lowest BCUT2D eigenvalue weighted by atomic mass is 10.00. The van der Waals surface area contributed by atoms with Crippen molar-refractivity contribution in [2.24, 2.45) is 0 Å². The van der Waals surface area contributed by atoms with E-state index < -0.39 is 4.92 Å². The number of quaternary nitrogens is 1. The zero-order chi connectivity index (χ0) is 15.9. The minimum Gasteiger partial charge on any atom is -0.370 e. The summed E-state index contributed by atoms with van der Waals surface area (Å²) in [6, 6.07) is 6.12. The van der Waals surface area contributed by atoms with E-state index in [9.17, 15) is 14.9 Å². The highest BCUT2D eigenvalue weighted by molar-refractivity contribution is 5.83. The number of nitro groups is 1. The Labute approximate surface area is 129 Å². The predicted molar refractivity (Wildman–Crippen MR) is 80.9 cm³/mol. The van der Waals surface area contributed by atoms with Crippen molar-refractivity contribution in [3.8, 4) is 0 Å². The van der Waals surface area contributed by atoms with Crippen LogP contribution in [0.5, 0.6) is 0 Å². The highest BCUT2D eigenvalue weighted by Gasteiger charge is 2.18. The summed E-state index contributed by atoms with van der Waals surface area (Å²) in [4.78, 5) is 23.7. The van der Waals surface area contributed by atoms with E-state index in [1.54, 1.807) is 19.1 Å². The smallest absolute Gasteiger partial charge is 0.269 e. The second-order valence-corrected chi connectivity index (χ2v) is 5.47. The zero-order valence-corrected chi connectivity index (χ0v) is 12.7. The highest BCUT2D eigenvalue weighted by Crippen LogP contribution is 2.19. The Morgan fingerprint density at radius 3 is 2.59 bits per heavy atom. The van der Waals surface area contributed by atoms with Gasteiger partial charge >= 0.3 is 0 Å². The Morgan fingerprint density at radius 2 is 2.00 bits per heavy atom. The van der Waals surface area contributed by atoms with Gasteiger partial charge in [-0.3, -0.25) is 14.9 Å². The van der Waals surface area contributed by atoms with Crippen LogP contribution in [0, 0.1) is 10.1 Å². The van der Waals surface area contributed by atoms with Crippen LogP contribution in [0.2, 0.25) is 0 Å². The fourth-order valence-electron chi connectivity index (χ4n) is 2.46. The number of nitro benzene ring substituents is 1. The molecule has 0 aromatic heterocycles. The van der Waals surface area contributed by atoms with Gasteiger partial charge in [0.2, 0.25) is 5.91 Å². The molecular formula is C15H22N3O4+. The van der Waals surface area contributed by atoms with E-state index in [1.807, 2.05) is 0 Å². The molecule has 0 unspecified atom stereocenters. The lowest BCUT2D eigenvalue weighted by molar-refractivity contribution is -0.906. The van der Waals surface area contributed by atoms with Gasteiger partial charge in [-0.25, -0.2) is 0 Å². The Bertz CT molecular complexity index is 512. The molecular weight excluding hydrogens is 286 g/mol. The molecule has 2 N–H and O–H groups in total. The minimum atomic E-state index is -0.445. The van der Waals surface area contributed by atoms with E-state index in [1.165, 1.54) is 17.0 Å². The molecule has 7 nitrogen and oxygen atoms in total. The number of ether oxygens (including phenoxy) is 1. The third-order valence-electron chi connectivity index (χ3n) is 3.97. The Balaban J connectivity index is 1.79. The summed E-state index contributed by atoms with van der Waals surface area (Å²) in [7, 11) is 0. The number of non-ortho nitro benzene ring substituents is 1. The quantitative estimate of drug-likeness (QED) is 0.559. The standard InChI is InChI=1S/C15H21N3O4/c1-12(13-2-4-14(5-3-13)18(20)21)15(19)16-6-7-17-8-10-22-11-9-17/h2-5,12H,6-11H2,1H3,(H,16,19)/p+1/t12-/m1/s1. The number of hydrogen-bond donors (Lipinski definition) is 2. The van der Waals surface area contributed by atoms with Crippen molar-refractivity contribution in [3.05, 3.63) is 39.9 Å². The molecule has 0 bridgehead atoms. The van der Waals surface area contributed by atoms with Gasteiger partial charge in [0.25, 0.3) is 5.69 Å². The fourth-order valence-corrected chi connectivity index (χ4v) is 2.46. The lowest BCUT2D eigenvalue weighted by Crippen LogP contribution is -3.14. The van der Waals surface area contributed by atoms with Gasteiger partial charge in [-0.2, -0.15) is 0 Å². The van der Waals surface area contributed by atoms with Crippen molar-refractivity contribution in [2.45, 2.75) is 12.8 Å². The van der Waals surface area contributed by atoms with Gasteiger partial charge < -0.3 is 15.0 Å². The van der Waals surface area contributed by atoms with Gasteiger partial charge in [-0.15, -0.1) is 0 Å². The average molecular weight is 308 g/mol. The Morgan fingerprint density at radius 1 is 1.36 bits per heavy atom. The number of benzene rings is 1. The molecule has 1 heterocycles. The largest absolute Gasteiger partial charge is 0.370 e. The Hall–Kier alpha value is -1.99. The first kappa shape index (κ1) is 16.4. The van der Waals surface area contributed by atoms with Crippen molar-refractivity contribution < 1.29 is 19.4 Å². The molecule has 22 heavy (non-hydrogen) atoms. The number of amides is 1.